The van der Waals surface area contributed by atoms with Gasteiger partial charge in [0.05, 0.1) is 6.54 Å². The average Bonchev–Trinajstić information content (AvgIpc) is 3.18. The van der Waals surface area contributed by atoms with E-state index < -0.39 is 18.2 Å². The molecule has 4 rings (SSSR count). The van der Waals surface area contributed by atoms with Crippen LogP contribution in [0.4, 0.5) is 10.5 Å². The number of fused-ring (bicyclic) bond motifs is 3. The summed E-state index contributed by atoms with van der Waals surface area (Å²) < 4.78 is 5.57. The van der Waals surface area contributed by atoms with Crippen molar-refractivity contribution in [3.63, 3.8) is 0 Å². The topological polar surface area (TPSA) is 125 Å². The Kier molecular flexibility index (Phi) is 7.42. The fourth-order valence-electron chi connectivity index (χ4n) is 4.20. The predicted octanol–water partition coefficient (Wildman–Crippen LogP) is 3.54. The molecule has 0 fully saturated rings. The molecule has 8 nitrogen and oxygen atoms in total. The summed E-state index contributed by atoms with van der Waals surface area (Å²) in [6.07, 6.45) is -1.70. The SMILES string of the molecule is O=C(CCc1cccc(NC(=O)OCC2c3ccccc3-c3ccccc32)c1)NC[C@H](O)C(=O)O. The van der Waals surface area contributed by atoms with Crippen molar-refractivity contribution in [1.82, 2.24) is 5.32 Å². The minimum Gasteiger partial charge on any atom is -0.479 e. The molecule has 1 atom stereocenters. The van der Waals surface area contributed by atoms with Gasteiger partial charge in [0.15, 0.2) is 6.10 Å². The van der Waals surface area contributed by atoms with Gasteiger partial charge in [0, 0.05) is 18.0 Å². The van der Waals surface area contributed by atoms with Gasteiger partial charge in [-0.15, -0.1) is 0 Å². The molecule has 1 aliphatic carbocycles. The molecule has 8 heteroatoms. The normalized spacial score (nSPS) is 12.8. The van der Waals surface area contributed by atoms with E-state index in [1.54, 1.807) is 18.2 Å². The van der Waals surface area contributed by atoms with Crippen molar-refractivity contribution >= 4 is 23.7 Å². The number of aliphatic carboxylic acids is 1. The molecule has 0 bridgehead atoms. The summed E-state index contributed by atoms with van der Waals surface area (Å²) in [5.41, 5.74) is 5.95. The fraction of sp³-hybridized carbons (Fsp3) is 0.222. The van der Waals surface area contributed by atoms with E-state index in [9.17, 15) is 19.5 Å². The Labute approximate surface area is 202 Å². The zero-order valence-corrected chi connectivity index (χ0v) is 18.9. The number of ether oxygens (including phenoxy) is 1. The molecule has 0 spiro atoms. The van der Waals surface area contributed by atoms with Gasteiger partial charge in [0.1, 0.15) is 6.61 Å². The molecule has 0 aromatic heterocycles. The highest BCUT2D eigenvalue weighted by Gasteiger charge is 2.29. The van der Waals surface area contributed by atoms with E-state index >= 15 is 0 Å². The van der Waals surface area contributed by atoms with Crippen molar-refractivity contribution in [2.75, 3.05) is 18.5 Å². The smallest absolute Gasteiger partial charge is 0.411 e. The second-order valence-electron chi connectivity index (χ2n) is 8.31. The van der Waals surface area contributed by atoms with Crippen LogP contribution >= 0.6 is 0 Å². The Morgan fingerprint density at radius 3 is 2.23 bits per heavy atom. The quantitative estimate of drug-likeness (QED) is 0.376. The second-order valence-corrected chi connectivity index (χ2v) is 8.31. The average molecular weight is 475 g/mol. The van der Waals surface area contributed by atoms with Crippen molar-refractivity contribution in [2.45, 2.75) is 24.9 Å². The third-order valence-corrected chi connectivity index (χ3v) is 5.94. The Bertz CT molecular complexity index is 1200. The number of aryl methyl sites for hydroxylation is 1. The van der Waals surface area contributed by atoms with Crippen molar-refractivity contribution in [3.05, 3.63) is 89.5 Å². The summed E-state index contributed by atoms with van der Waals surface area (Å²) >= 11 is 0. The van der Waals surface area contributed by atoms with Crippen LogP contribution < -0.4 is 10.6 Å². The largest absolute Gasteiger partial charge is 0.479 e. The number of carboxylic acids is 1. The van der Waals surface area contributed by atoms with Gasteiger partial charge in [0.25, 0.3) is 0 Å². The third-order valence-electron chi connectivity index (χ3n) is 5.94. The standard InChI is InChI=1S/C27H26N2O6/c30-24(26(32)33)15-28-25(31)13-12-17-6-5-7-18(14-17)29-27(34)35-16-23-21-10-3-1-8-19(21)20-9-2-4-11-22(20)23/h1-11,14,23-24,30H,12-13,15-16H2,(H,28,31)(H,29,34)(H,32,33)/t24-/m0/s1. The summed E-state index contributed by atoms with van der Waals surface area (Å²) in [4.78, 5) is 35.0. The summed E-state index contributed by atoms with van der Waals surface area (Å²) in [7, 11) is 0. The molecule has 3 aromatic carbocycles. The number of amides is 2. The third kappa shape index (κ3) is 5.85. The van der Waals surface area contributed by atoms with Gasteiger partial charge in [-0.25, -0.2) is 9.59 Å². The van der Waals surface area contributed by atoms with Gasteiger partial charge in [-0.3, -0.25) is 10.1 Å². The van der Waals surface area contributed by atoms with Crippen molar-refractivity contribution < 1.29 is 29.3 Å². The predicted molar refractivity (Wildman–Crippen MR) is 130 cm³/mol. The van der Waals surface area contributed by atoms with Crippen LogP contribution in [0.25, 0.3) is 11.1 Å². The first-order valence-electron chi connectivity index (χ1n) is 11.3. The summed E-state index contributed by atoms with van der Waals surface area (Å²) in [5, 5.41) is 23.0. The summed E-state index contributed by atoms with van der Waals surface area (Å²) in [5.74, 6) is -1.80. The Balaban J connectivity index is 1.30. The lowest BCUT2D eigenvalue weighted by atomic mass is 9.98. The zero-order chi connectivity index (χ0) is 24.8. The minimum absolute atomic E-state index is 0.0300. The molecule has 0 unspecified atom stereocenters. The number of hydrogen-bond donors (Lipinski definition) is 4. The van der Waals surface area contributed by atoms with Gasteiger partial charge in [-0.1, -0.05) is 60.7 Å². The number of benzene rings is 3. The van der Waals surface area contributed by atoms with Gasteiger partial charge in [-0.05, 0) is 46.4 Å². The van der Waals surface area contributed by atoms with Crippen molar-refractivity contribution in [3.8, 4) is 11.1 Å². The van der Waals surface area contributed by atoms with Gasteiger partial charge < -0.3 is 20.3 Å². The van der Waals surface area contributed by atoms with Crippen LogP contribution in [0.3, 0.4) is 0 Å². The molecular formula is C27H26N2O6. The number of aliphatic hydroxyl groups excluding tert-OH is 1. The van der Waals surface area contributed by atoms with Gasteiger partial charge in [-0.2, -0.15) is 0 Å². The van der Waals surface area contributed by atoms with Crippen LogP contribution in [-0.4, -0.2) is 47.4 Å². The molecule has 35 heavy (non-hydrogen) atoms. The lowest BCUT2D eigenvalue weighted by Crippen LogP contribution is -2.36. The first kappa shape index (κ1) is 24.0. The van der Waals surface area contributed by atoms with E-state index in [4.69, 9.17) is 9.84 Å². The van der Waals surface area contributed by atoms with E-state index in [0.29, 0.717) is 12.1 Å². The first-order chi connectivity index (χ1) is 16.9. The maximum absolute atomic E-state index is 12.5. The van der Waals surface area contributed by atoms with E-state index in [0.717, 1.165) is 27.8 Å². The Hall–Kier alpha value is -4.17. The number of aliphatic hydroxyl groups is 1. The van der Waals surface area contributed by atoms with Gasteiger partial charge in [0.2, 0.25) is 5.91 Å². The van der Waals surface area contributed by atoms with E-state index in [1.807, 2.05) is 30.3 Å². The van der Waals surface area contributed by atoms with Crippen LogP contribution in [-0.2, 0) is 20.7 Å². The zero-order valence-electron chi connectivity index (χ0n) is 18.9. The molecule has 3 aromatic rings. The lowest BCUT2D eigenvalue weighted by molar-refractivity contribution is -0.146. The highest BCUT2D eigenvalue weighted by molar-refractivity contribution is 5.85. The van der Waals surface area contributed by atoms with Crippen LogP contribution in [0, 0.1) is 0 Å². The molecule has 1 aliphatic rings. The molecule has 0 saturated carbocycles. The molecule has 2 amide bonds. The molecule has 0 saturated heterocycles. The van der Waals surface area contributed by atoms with E-state index in [1.165, 1.54) is 0 Å². The van der Waals surface area contributed by atoms with Crippen LogP contribution in [0.2, 0.25) is 0 Å². The monoisotopic (exact) mass is 474 g/mol. The maximum atomic E-state index is 12.5. The Morgan fingerprint density at radius 1 is 0.914 bits per heavy atom. The van der Waals surface area contributed by atoms with Crippen molar-refractivity contribution in [1.29, 1.82) is 0 Å². The van der Waals surface area contributed by atoms with Crippen LogP contribution in [0.5, 0.6) is 0 Å². The van der Waals surface area contributed by atoms with E-state index in [-0.39, 0.29) is 31.4 Å². The minimum atomic E-state index is -1.64. The maximum Gasteiger partial charge on any atom is 0.411 e. The van der Waals surface area contributed by atoms with Crippen LogP contribution in [0.15, 0.2) is 72.8 Å². The lowest BCUT2D eigenvalue weighted by Gasteiger charge is -2.15. The van der Waals surface area contributed by atoms with Crippen LogP contribution in [0.1, 0.15) is 29.0 Å². The highest BCUT2D eigenvalue weighted by Crippen LogP contribution is 2.44. The molecule has 0 aliphatic heterocycles. The second kappa shape index (κ2) is 10.8. The number of anilines is 1. The highest BCUT2D eigenvalue weighted by atomic mass is 16.5. The molecule has 0 radical (unpaired) electrons. The number of carbonyl (C=O) groups excluding carboxylic acids is 2. The number of nitrogens with one attached hydrogen (secondary N) is 2. The number of carboxylic acid groups (broad SMARTS) is 1. The van der Waals surface area contributed by atoms with E-state index in [2.05, 4.69) is 34.9 Å². The molecule has 4 N–H and O–H groups in total. The Morgan fingerprint density at radius 2 is 1.57 bits per heavy atom. The number of hydrogen-bond acceptors (Lipinski definition) is 5. The molecular weight excluding hydrogens is 448 g/mol. The molecule has 180 valence electrons. The number of carbonyl (C=O) groups is 3. The summed E-state index contributed by atoms with van der Waals surface area (Å²) in [6, 6.07) is 23.3. The first-order valence-corrected chi connectivity index (χ1v) is 11.3. The van der Waals surface area contributed by atoms with Gasteiger partial charge >= 0.3 is 12.1 Å². The summed E-state index contributed by atoms with van der Waals surface area (Å²) in [6.45, 7) is -0.139. The fourth-order valence-corrected chi connectivity index (χ4v) is 4.20. The van der Waals surface area contributed by atoms with Crippen molar-refractivity contribution in [2.24, 2.45) is 0 Å². The number of rotatable bonds is 9. The molecule has 0 heterocycles.